The van der Waals surface area contributed by atoms with Crippen LogP contribution in [0.15, 0.2) is 47.4 Å². The number of carbonyl (C=O) groups is 1. The van der Waals surface area contributed by atoms with Crippen LogP contribution in [0, 0.1) is 15.9 Å². The standard InChI is InChI=1S/C23H23FN6O4/c24-19-11-17-20(12-21(19)28-9-7-25-8-10-28)29(15-5-6-15)13-18(22(17)31)23(32)27-26-14-1-3-16(4-2-14)30(33)34/h1-4,11-13,15,25-26H,5-10H2,(H,27,32). The van der Waals surface area contributed by atoms with Gasteiger partial charge in [0, 0.05) is 55.9 Å². The molecule has 34 heavy (non-hydrogen) atoms. The van der Waals surface area contributed by atoms with Crippen molar-refractivity contribution < 1.29 is 14.1 Å². The molecule has 3 aromatic rings. The summed E-state index contributed by atoms with van der Waals surface area (Å²) < 4.78 is 16.9. The Balaban J connectivity index is 1.46. The molecule has 11 heteroatoms. The van der Waals surface area contributed by atoms with Gasteiger partial charge in [0.25, 0.3) is 11.6 Å². The van der Waals surface area contributed by atoms with Crippen LogP contribution < -0.4 is 26.5 Å². The topological polar surface area (TPSA) is 122 Å². The van der Waals surface area contributed by atoms with Crippen LogP contribution in [0.3, 0.4) is 0 Å². The predicted molar refractivity (Wildman–Crippen MR) is 126 cm³/mol. The van der Waals surface area contributed by atoms with Crippen molar-refractivity contribution in [2.24, 2.45) is 0 Å². The normalized spacial score (nSPS) is 15.9. The molecule has 1 aromatic heterocycles. The number of amides is 1. The molecular formula is C23H23FN6O4. The molecule has 5 rings (SSSR count). The van der Waals surface area contributed by atoms with Crippen molar-refractivity contribution in [1.82, 2.24) is 15.3 Å². The number of piperazine rings is 1. The maximum absolute atomic E-state index is 15.1. The predicted octanol–water partition coefficient (Wildman–Crippen LogP) is 2.55. The van der Waals surface area contributed by atoms with Crippen LogP contribution in [0.25, 0.3) is 10.9 Å². The van der Waals surface area contributed by atoms with E-state index in [2.05, 4.69) is 16.2 Å². The van der Waals surface area contributed by atoms with Gasteiger partial charge in [0.15, 0.2) is 0 Å². The van der Waals surface area contributed by atoms with E-state index in [9.17, 15) is 19.7 Å². The summed E-state index contributed by atoms with van der Waals surface area (Å²) in [7, 11) is 0. The first-order chi connectivity index (χ1) is 16.4. The first kappa shape index (κ1) is 21.8. The molecule has 1 aliphatic heterocycles. The van der Waals surface area contributed by atoms with Crippen LogP contribution >= 0.6 is 0 Å². The third-order valence-electron chi connectivity index (χ3n) is 6.14. The van der Waals surface area contributed by atoms with E-state index in [0.29, 0.717) is 30.0 Å². The zero-order valence-corrected chi connectivity index (χ0v) is 18.2. The van der Waals surface area contributed by atoms with Gasteiger partial charge < -0.3 is 14.8 Å². The highest BCUT2D eigenvalue weighted by Crippen LogP contribution is 2.38. The third kappa shape index (κ3) is 4.17. The lowest BCUT2D eigenvalue weighted by atomic mass is 10.1. The molecule has 1 amide bonds. The molecule has 2 aromatic carbocycles. The Hall–Kier alpha value is -3.99. The number of nitro groups is 1. The summed E-state index contributed by atoms with van der Waals surface area (Å²) in [6.45, 7) is 2.86. The second-order valence-corrected chi connectivity index (χ2v) is 8.45. The second kappa shape index (κ2) is 8.75. The number of hydrogen-bond acceptors (Lipinski definition) is 7. The van der Waals surface area contributed by atoms with Crippen molar-refractivity contribution in [3.8, 4) is 0 Å². The number of benzene rings is 2. The van der Waals surface area contributed by atoms with Crippen molar-refractivity contribution in [1.29, 1.82) is 0 Å². The lowest BCUT2D eigenvalue weighted by Gasteiger charge is -2.30. The maximum Gasteiger partial charge on any atom is 0.275 e. The molecule has 3 N–H and O–H groups in total. The van der Waals surface area contributed by atoms with E-state index in [1.54, 1.807) is 6.07 Å². The average molecular weight is 466 g/mol. The monoisotopic (exact) mass is 466 g/mol. The molecule has 1 saturated heterocycles. The molecule has 10 nitrogen and oxygen atoms in total. The number of fused-ring (bicyclic) bond motifs is 1. The minimum atomic E-state index is -0.675. The number of hydrazine groups is 1. The third-order valence-corrected chi connectivity index (χ3v) is 6.14. The van der Waals surface area contributed by atoms with Gasteiger partial charge in [-0.1, -0.05) is 0 Å². The zero-order valence-electron chi connectivity index (χ0n) is 18.2. The van der Waals surface area contributed by atoms with Crippen LogP contribution in [-0.4, -0.2) is 41.6 Å². The van der Waals surface area contributed by atoms with Crippen molar-refractivity contribution in [2.75, 3.05) is 36.5 Å². The lowest BCUT2D eigenvalue weighted by Crippen LogP contribution is -2.44. The number of non-ortho nitro benzene ring substituents is 1. The summed E-state index contributed by atoms with van der Waals surface area (Å²) in [4.78, 5) is 38.2. The number of rotatable bonds is 6. The highest BCUT2D eigenvalue weighted by atomic mass is 19.1. The number of pyridine rings is 1. The van der Waals surface area contributed by atoms with Gasteiger partial charge in [0.1, 0.15) is 11.4 Å². The summed E-state index contributed by atoms with van der Waals surface area (Å²) >= 11 is 0. The van der Waals surface area contributed by atoms with E-state index in [0.717, 1.165) is 25.9 Å². The van der Waals surface area contributed by atoms with Gasteiger partial charge in [-0.05, 0) is 37.1 Å². The van der Waals surface area contributed by atoms with Crippen LogP contribution in [0.5, 0.6) is 0 Å². The van der Waals surface area contributed by atoms with Gasteiger partial charge in [0.2, 0.25) is 5.43 Å². The fourth-order valence-corrected chi connectivity index (χ4v) is 4.19. The maximum atomic E-state index is 15.1. The Kier molecular flexibility index (Phi) is 5.62. The lowest BCUT2D eigenvalue weighted by molar-refractivity contribution is -0.384. The Morgan fingerprint density at radius 2 is 1.85 bits per heavy atom. The number of nitrogens with zero attached hydrogens (tertiary/aromatic N) is 3. The van der Waals surface area contributed by atoms with E-state index in [4.69, 9.17) is 0 Å². The summed E-state index contributed by atoms with van der Waals surface area (Å²) in [6.07, 6.45) is 3.37. The van der Waals surface area contributed by atoms with E-state index in [-0.39, 0.29) is 22.7 Å². The molecule has 2 fully saturated rings. The highest BCUT2D eigenvalue weighted by molar-refractivity contribution is 5.98. The molecule has 1 aliphatic carbocycles. The molecule has 176 valence electrons. The van der Waals surface area contributed by atoms with E-state index in [1.165, 1.54) is 36.5 Å². The Labute approximate surface area is 193 Å². The van der Waals surface area contributed by atoms with Gasteiger partial charge in [-0.3, -0.25) is 30.6 Å². The van der Waals surface area contributed by atoms with Crippen LogP contribution in [0.4, 0.5) is 21.5 Å². The van der Waals surface area contributed by atoms with E-state index >= 15 is 4.39 Å². The Morgan fingerprint density at radius 3 is 2.50 bits per heavy atom. The molecule has 0 unspecified atom stereocenters. The smallest absolute Gasteiger partial charge is 0.275 e. The molecule has 1 saturated carbocycles. The van der Waals surface area contributed by atoms with Crippen LogP contribution in [-0.2, 0) is 0 Å². The Morgan fingerprint density at radius 1 is 1.15 bits per heavy atom. The minimum absolute atomic E-state index is 0.0825. The Bertz CT molecular complexity index is 1330. The molecule has 0 atom stereocenters. The quantitative estimate of drug-likeness (QED) is 0.377. The second-order valence-electron chi connectivity index (χ2n) is 8.45. The molecular weight excluding hydrogens is 443 g/mol. The van der Waals surface area contributed by atoms with Gasteiger partial charge in [-0.25, -0.2) is 4.39 Å². The number of nitrogens with one attached hydrogen (secondary N) is 3. The number of nitro benzene ring substituents is 1. The van der Waals surface area contributed by atoms with Crippen molar-refractivity contribution in [2.45, 2.75) is 18.9 Å². The van der Waals surface area contributed by atoms with Gasteiger partial charge in [-0.15, -0.1) is 0 Å². The summed E-state index contributed by atoms with van der Waals surface area (Å²) in [5.74, 6) is -1.17. The van der Waals surface area contributed by atoms with E-state index < -0.39 is 22.1 Å². The fourth-order valence-electron chi connectivity index (χ4n) is 4.19. The number of aromatic nitrogens is 1. The fraction of sp³-hybridized carbons (Fsp3) is 0.304. The van der Waals surface area contributed by atoms with E-state index in [1.807, 2.05) is 9.47 Å². The highest BCUT2D eigenvalue weighted by Gasteiger charge is 2.28. The molecule has 0 radical (unpaired) electrons. The van der Waals surface area contributed by atoms with Gasteiger partial charge >= 0.3 is 0 Å². The van der Waals surface area contributed by atoms with Crippen molar-refractivity contribution in [3.63, 3.8) is 0 Å². The number of hydrogen-bond donors (Lipinski definition) is 3. The first-order valence-corrected chi connectivity index (χ1v) is 11.1. The minimum Gasteiger partial charge on any atom is -0.367 e. The molecule has 2 aliphatic rings. The van der Waals surface area contributed by atoms with Crippen molar-refractivity contribution >= 4 is 33.9 Å². The zero-order chi connectivity index (χ0) is 23.8. The molecule has 2 heterocycles. The summed E-state index contributed by atoms with van der Waals surface area (Å²) in [5, 5.41) is 14.2. The molecule has 0 bridgehead atoms. The average Bonchev–Trinajstić information content (AvgIpc) is 3.69. The molecule has 0 spiro atoms. The van der Waals surface area contributed by atoms with Crippen LogP contribution in [0.2, 0.25) is 0 Å². The summed E-state index contributed by atoms with van der Waals surface area (Å²) in [6, 6.07) is 8.56. The first-order valence-electron chi connectivity index (χ1n) is 11.1. The number of anilines is 2. The van der Waals surface area contributed by atoms with Gasteiger partial charge in [-0.2, -0.15) is 0 Å². The SMILES string of the molecule is O=C(NNc1ccc([N+](=O)[O-])cc1)c1cn(C2CC2)c2cc(N3CCNCC3)c(F)cc2c1=O. The summed E-state index contributed by atoms with van der Waals surface area (Å²) in [5.41, 5.74) is 5.84. The largest absolute Gasteiger partial charge is 0.367 e. The van der Waals surface area contributed by atoms with Crippen molar-refractivity contribution in [3.05, 3.63) is 74.3 Å². The van der Waals surface area contributed by atoms with Gasteiger partial charge in [0.05, 0.1) is 21.8 Å². The number of carbonyl (C=O) groups excluding carboxylic acids is 1. The number of halogens is 1. The van der Waals surface area contributed by atoms with Crippen LogP contribution in [0.1, 0.15) is 29.2 Å².